The molecule has 1 amide bonds. The van der Waals surface area contributed by atoms with Crippen molar-refractivity contribution in [2.24, 2.45) is 0 Å². The third kappa shape index (κ3) is 5.07. The van der Waals surface area contributed by atoms with Gasteiger partial charge in [-0.05, 0) is 24.3 Å². The summed E-state index contributed by atoms with van der Waals surface area (Å²) in [6.07, 6.45) is 0.311. The van der Waals surface area contributed by atoms with E-state index in [1.807, 2.05) is 6.07 Å². The number of hydrogen-bond donors (Lipinski definition) is 0. The van der Waals surface area contributed by atoms with E-state index in [4.69, 9.17) is 15.3 Å². The second kappa shape index (κ2) is 8.89. The Morgan fingerprint density at radius 1 is 1.17 bits per heavy atom. The monoisotopic (exact) mass is 312 g/mol. The Morgan fingerprint density at radius 3 is 2.48 bits per heavy atom. The average Bonchev–Trinajstić information content (AvgIpc) is 2.62. The molecule has 0 spiro atoms. The highest BCUT2D eigenvalue weighted by Crippen LogP contribution is 2.08. The molecule has 0 saturated carbocycles. The predicted molar refractivity (Wildman–Crippen MR) is 84.5 cm³/mol. The second-order valence-corrected chi connectivity index (χ2v) is 5.34. The highest BCUT2D eigenvalue weighted by atomic mass is 16.5. The van der Waals surface area contributed by atoms with Crippen LogP contribution in [0.3, 0.4) is 0 Å². The lowest BCUT2D eigenvalue weighted by Crippen LogP contribution is -2.43. The number of nitrogens with zero attached hydrogens (tertiary/aromatic N) is 4. The summed E-state index contributed by atoms with van der Waals surface area (Å²) >= 11 is 0. The van der Waals surface area contributed by atoms with Gasteiger partial charge in [0, 0.05) is 38.3 Å². The number of morpholine rings is 1. The Hall–Kier alpha value is -2.41. The summed E-state index contributed by atoms with van der Waals surface area (Å²) in [5.41, 5.74) is 1.07. The maximum absolute atomic E-state index is 12.6. The number of nitriles is 2. The second-order valence-electron chi connectivity index (χ2n) is 5.34. The molecule has 120 valence electrons. The van der Waals surface area contributed by atoms with E-state index in [1.54, 1.807) is 29.2 Å². The molecule has 0 aromatic heterocycles. The van der Waals surface area contributed by atoms with Crippen LogP contribution < -0.4 is 0 Å². The highest BCUT2D eigenvalue weighted by Gasteiger charge is 2.18. The van der Waals surface area contributed by atoms with E-state index in [9.17, 15) is 4.79 Å². The summed E-state index contributed by atoms with van der Waals surface area (Å²) in [6.45, 7) is 4.97. The first-order valence-corrected chi connectivity index (χ1v) is 7.71. The Bertz CT molecular complexity index is 595. The molecule has 23 heavy (non-hydrogen) atoms. The molecule has 1 saturated heterocycles. The smallest absolute Gasteiger partial charge is 0.253 e. The normalized spacial score (nSPS) is 14.7. The van der Waals surface area contributed by atoms with Gasteiger partial charge in [-0.2, -0.15) is 10.5 Å². The van der Waals surface area contributed by atoms with Crippen LogP contribution in [0.5, 0.6) is 0 Å². The summed E-state index contributed by atoms with van der Waals surface area (Å²) in [5, 5.41) is 17.6. The molecule has 1 aromatic carbocycles. The molecule has 0 radical (unpaired) electrons. The summed E-state index contributed by atoms with van der Waals surface area (Å²) in [4.78, 5) is 16.6. The van der Waals surface area contributed by atoms with Gasteiger partial charge in [0.25, 0.3) is 5.91 Å². The lowest BCUT2D eigenvalue weighted by Gasteiger charge is -2.30. The first kappa shape index (κ1) is 17.0. The quantitative estimate of drug-likeness (QED) is 0.789. The zero-order valence-electron chi connectivity index (χ0n) is 13.1. The van der Waals surface area contributed by atoms with Gasteiger partial charge in [-0.25, -0.2) is 0 Å². The topological polar surface area (TPSA) is 80.4 Å². The van der Waals surface area contributed by atoms with Crippen LogP contribution >= 0.6 is 0 Å². The van der Waals surface area contributed by atoms with Crippen molar-refractivity contribution < 1.29 is 9.53 Å². The number of benzene rings is 1. The van der Waals surface area contributed by atoms with Crippen molar-refractivity contribution in [3.63, 3.8) is 0 Å². The van der Waals surface area contributed by atoms with Crippen LogP contribution in [-0.2, 0) is 4.74 Å². The molecule has 2 rings (SSSR count). The maximum Gasteiger partial charge on any atom is 0.253 e. The van der Waals surface area contributed by atoms with Gasteiger partial charge in [0.05, 0.1) is 37.3 Å². The van der Waals surface area contributed by atoms with Gasteiger partial charge in [0.1, 0.15) is 0 Å². The number of amides is 1. The molecular formula is C17H20N4O2. The Kier molecular flexibility index (Phi) is 6.56. The van der Waals surface area contributed by atoms with Crippen molar-refractivity contribution >= 4 is 5.91 Å². The van der Waals surface area contributed by atoms with Crippen molar-refractivity contribution in [1.82, 2.24) is 9.80 Å². The third-order valence-corrected chi connectivity index (χ3v) is 3.83. The van der Waals surface area contributed by atoms with Gasteiger partial charge < -0.3 is 9.64 Å². The van der Waals surface area contributed by atoms with Gasteiger partial charge in [-0.15, -0.1) is 0 Å². The fourth-order valence-corrected chi connectivity index (χ4v) is 2.46. The van der Waals surface area contributed by atoms with E-state index in [1.165, 1.54) is 0 Å². The molecule has 1 aliphatic rings. The van der Waals surface area contributed by atoms with Crippen molar-refractivity contribution in [2.75, 3.05) is 45.9 Å². The summed E-state index contributed by atoms with van der Waals surface area (Å²) in [5.74, 6) is -0.0991. The van der Waals surface area contributed by atoms with Gasteiger partial charge >= 0.3 is 0 Å². The molecule has 0 unspecified atom stereocenters. The Labute approximate surface area is 136 Å². The first-order valence-electron chi connectivity index (χ1n) is 7.71. The molecule has 0 bridgehead atoms. The zero-order chi connectivity index (χ0) is 16.5. The van der Waals surface area contributed by atoms with Gasteiger partial charge in [-0.3, -0.25) is 9.69 Å². The van der Waals surface area contributed by atoms with Crippen LogP contribution in [-0.4, -0.2) is 61.6 Å². The molecular weight excluding hydrogens is 292 g/mol. The summed E-state index contributed by atoms with van der Waals surface area (Å²) < 4.78 is 5.32. The van der Waals surface area contributed by atoms with E-state index in [2.05, 4.69) is 11.0 Å². The van der Waals surface area contributed by atoms with Crippen LogP contribution in [0.1, 0.15) is 22.3 Å². The molecule has 0 atom stereocenters. The fraction of sp³-hybridized carbons (Fsp3) is 0.471. The number of rotatable bonds is 6. The minimum Gasteiger partial charge on any atom is -0.379 e. The van der Waals surface area contributed by atoms with Crippen LogP contribution in [0, 0.1) is 22.7 Å². The highest BCUT2D eigenvalue weighted by molar-refractivity contribution is 5.94. The van der Waals surface area contributed by atoms with Crippen LogP contribution in [0.15, 0.2) is 24.3 Å². The zero-order valence-corrected chi connectivity index (χ0v) is 13.1. The maximum atomic E-state index is 12.6. The first-order chi connectivity index (χ1) is 11.2. The minimum absolute atomic E-state index is 0.0991. The Morgan fingerprint density at radius 2 is 1.87 bits per heavy atom. The average molecular weight is 312 g/mol. The minimum atomic E-state index is -0.0991. The molecule has 6 nitrogen and oxygen atoms in total. The van der Waals surface area contributed by atoms with Gasteiger partial charge in [-0.1, -0.05) is 0 Å². The van der Waals surface area contributed by atoms with Crippen LogP contribution in [0.25, 0.3) is 0 Å². The van der Waals surface area contributed by atoms with Crippen molar-refractivity contribution in [3.05, 3.63) is 35.4 Å². The fourth-order valence-electron chi connectivity index (χ4n) is 2.46. The van der Waals surface area contributed by atoms with Crippen LogP contribution in [0.4, 0.5) is 0 Å². The molecule has 1 aliphatic heterocycles. The van der Waals surface area contributed by atoms with E-state index in [0.717, 1.165) is 32.8 Å². The number of carbonyl (C=O) groups excluding carboxylic acids is 1. The SMILES string of the molecule is N#CCCN(CCN1CCOCC1)C(=O)c1ccc(C#N)cc1. The number of ether oxygens (including phenoxy) is 1. The van der Waals surface area contributed by atoms with E-state index in [0.29, 0.717) is 30.6 Å². The largest absolute Gasteiger partial charge is 0.379 e. The van der Waals surface area contributed by atoms with Crippen molar-refractivity contribution in [2.45, 2.75) is 6.42 Å². The summed E-state index contributed by atoms with van der Waals surface area (Å²) in [6, 6.07) is 10.7. The van der Waals surface area contributed by atoms with Gasteiger partial charge in [0.15, 0.2) is 0 Å². The molecule has 0 N–H and O–H groups in total. The third-order valence-electron chi connectivity index (χ3n) is 3.83. The lowest BCUT2D eigenvalue weighted by atomic mass is 10.1. The number of carbonyl (C=O) groups is 1. The standard InChI is InChI=1S/C17H20N4O2/c18-6-1-7-21(9-8-20-10-12-23-13-11-20)17(22)16-4-2-15(14-19)3-5-16/h2-5H,1,7-13H2. The van der Waals surface area contributed by atoms with Crippen LogP contribution in [0.2, 0.25) is 0 Å². The van der Waals surface area contributed by atoms with E-state index in [-0.39, 0.29) is 5.91 Å². The molecule has 0 aliphatic carbocycles. The summed E-state index contributed by atoms with van der Waals surface area (Å²) in [7, 11) is 0. The molecule has 6 heteroatoms. The molecule has 1 aromatic rings. The van der Waals surface area contributed by atoms with Gasteiger partial charge in [0.2, 0.25) is 0 Å². The Balaban J connectivity index is 1.99. The molecule has 1 heterocycles. The van der Waals surface area contributed by atoms with Crippen molar-refractivity contribution in [3.8, 4) is 12.1 Å². The van der Waals surface area contributed by atoms with E-state index >= 15 is 0 Å². The molecule has 1 fully saturated rings. The van der Waals surface area contributed by atoms with E-state index < -0.39 is 0 Å². The lowest BCUT2D eigenvalue weighted by molar-refractivity contribution is 0.0326. The predicted octanol–water partition coefficient (Wildman–Crippen LogP) is 1.25. The van der Waals surface area contributed by atoms with Crippen molar-refractivity contribution in [1.29, 1.82) is 10.5 Å². The number of hydrogen-bond acceptors (Lipinski definition) is 5.